The molecule has 4 heteroatoms. The van der Waals surface area contributed by atoms with Crippen LogP contribution >= 0.6 is 0 Å². The van der Waals surface area contributed by atoms with Crippen molar-refractivity contribution in [1.29, 1.82) is 0 Å². The highest BCUT2D eigenvalue weighted by Crippen LogP contribution is 2.32. The highest BCUT2D eigenvalue weighted by molar-refractivity contribution is 5.87. The molecule has 1 amide bonds. The molecule has 1 aliphatic carbocycles. The lowest BCUT2D eigenvalue weighted by Gasteiger charge is -2.46. The molecule has 0 unspecified atom stereocenters. The van der Waals surface area contributed by atoms with E-state index in [1.165, 1.54) is 0 Å². The van der Waals surface area contributed by atoms with Crippen LogP contribution in [0, 0.1) is 0 Å². The molecule has 1 saturated heterocycles. The fourth-order valence-electron chi connectivity index (χ4n) is 2.45. The largest absolute Gasteiger partial charge is 0.386 e. The maximum absolute atomic E-state index is 11.9. The molecule has 0 spiro atoms. The van der Waals surface area contributed by atoms with Crippen molar-refractivity contribution in [2.45, 2.75) is 43.7 Å². The van der Waals surface area contributed by atoms with Gasteiger partial charge < -0.3 is 15.7 Å². The molecule has 1 aliphatic heterocycles. The maximum atomic E-state index is 11.9. The van der Waals surface area contributed by atoms with E-state index in [2.05, 4.69) is 0 Å². The van der Waals surface area contributed by atoms with Crippen molar-refractivity contribution in [3.05, 3.63) is 0 Å². The number of rotatable bonds is 1. The maximum Gasteiger partial charge on any atom is 0.242 e. The molecule has 2 fully saturated rings. The van der Waals surface area contributed by atoms with Crippen LogP contribution in [0.25, 0.3) is 0 Å². The second kappa shape index (κ2) is 2.94. The summed E-state index contributed by atoms with van der Waals surface area (Å²) in [7, 11) is 0. The normalized spacial score (nSPS) is 28.6. The third kappa shape index (κ3) is 1.53. The Bertz CT molecular complexity index is 249. The van der Waals surface area contributed by atoms with Crippen molar-refractivity contribution in [1.82, 2.24) is 4.90 Å². The van der Waals surface area contributed by atoms with Crippen molar-refractivity contribution < 1.29 is 9.90 Å². The van der Waals surface area contributed by atoms with Crippen molar-refractivity contribution in [2.75, 3.05) is 13.1 Å². The highest BCUT2D eigenvalue weighted by Gasteiger charge is 2.47. The molecule has 2 aliphatic rings. The van der Waals surface area contributed by atoms with E-state index >= 15 is 0 Å². The number of nitrogens with zero attached hydrogens (tertiary/aromatic N) is 1. The van der Waals surface area contributed by atoms with Crippen LogP contribution in [0.3, 0.4) is 0 Å². The van der Waals surface area contributed by atoms with E-state index in [0.717, 1.165) is 25.7 Å². The second-order valence-electron chi connectivity index (χ2n) is 5.02. The van der Waals surface area contributed by atoms with Crippen molar-refractivity contribution in [3.63, 3.8) is 0 Å². The smallest absolute Gasteiger partial charge is 0.242 e. The lowest BCUT2D eigenvalue weighted by atomic mass is 9.90. The van der Waals surface area contributed by atoms with Gasteiger partial charge in [-0.05, 0) is 19.8 Å². The van der Waals surface area contributed by atoms with Crippen LogP contribution in [-0.4, -0.2) is 40.1 Å². The average Bonchev–Trinajstić information content (AvgIpc) is 2.47. The zero-order valence-corrected chi connectivity index (χ0v) is 8.62. The Morgan fingerprint density at radius 2 is 1.86 bits per heavy atom. The SMILES string of the molecule is CC1(O)CN(C(=O)C2(N)CCCC2)C1. The third-order valence-corrected chi connectivity index (χ3v) is 3.27. The van der Waals surface area contributed by atoms with Crippen LogP contribution in [0.15, 0.2) is 0 Å². The molecule has 0 aromatic rings. The number of hydrogen-bond donors (Lipinski definition) is 2. The van der Waals surface area contributed by atoms with Crippen molar-refractivity contribution in [2.24, 2.45) is 5.73 Å². The Hall–Kier alpha value is -0.610. The standard InChI is InChI=1S/C10H18N2O2/c1-9(14)6-12(7-9)8(13)10(11)4-2-3-5-10/h14H,2-7,11H2,1H3. The number of carbonyl (C=O) groups is 1. The zero-order chi connectivity index (χ0) is 10.4. The van der Waals surface area contributed by atoms with Crippen LogP contribution in [0.5, 0.6) is 0 Å². The fraction of sp³-hybridized carbons (Fsp3) is 0.900. The number of β-amino-alcohol motifs (C(OH)–C–C–N with tert-alkyl or cyclic N) is 1. The van der Waals surface area contributed by atoms with Gasteiger partial charge >= 0.3 is 0 Å². The third-order valence-electron chi connectivity index (χ3n) is 3.27. The van der Waals surface area contributed by atoms with E-state index in [1.54, 1.807) is 11.8 Å². The molecule has 0 aromatic carbocycles. The molecule has 3 N–H and O–H groups in total. The first-order chi connectivity index (χ1) is 6.43. The number of amides is 1. The molecule has 80 valence electrons. The number of hydrogen-bond acceptors (Lipinski definition) is 3. The molecular weight excluding hydrogens is 180 g/mol. The summed E-state index contributed by atoms with van der Waals surface area (Å²) in [5, 5.41) is 9.52. The predicted molar refractivity (Wildman–Crippen MR) is 52.6 cm³/mol. The predicted octanol–water partition coefficient (Wildman–Crippen LogP) is -0.149. The zero-order valence-electron chi connectivity index (χ0n) is 8.62. The first-order valence-corrected chi connectivity index (χ1v) is 5.24. The fourth-order valence-corrected chi connectivity index (χ4v) is 2.45. The van der Waals surface area contributed by atoms with Crippen LogP contribution in [0.2, 0.25) is 0 Å². The van der Waals surface area contributed by atoms with Crippen LogP contribution < -0.4 is 5.73 Å². The Labute approximate surface area is 84.1 Å². The minimum atomic E-state index is -0.690. The molecule has 1 saturated carbocycles. The molecule has 0 atom stereocenters. The summed E-state index contributed by atoms with van der Waals surface area (Å²) in [6.45, 7) is 2.62. The number of aliphatic hydroxyl groups is 1. The summed E-state index contributed by atoms with van der Waals surface area (Å²) < 4.78 is 0. The van der Waals surface area contributed by atoms with Gasteiger partial charge in [0.15, 0.2) is 0 Å². The summed E-state index contributed by atoms with van der Waals surface area (Å²) in [6.07, 6.45) is 3.69. The van der Waals surface area contributed by atoms with Crippen molar-refractivity contribution in [3.8, 4) is 0 Å². The van der Waals surface area contributed by atoms with E-state index < -0.39 is 11.1 Å². The topological polar surface area (TPSA) is 66.6 Å². The Morgan fingerprint density at radius 1 is 1.36 bits per heavy atom. The highest BCUT2D eigenvalue weighted by atomic mass is 16.3. The number of carbonyl (C=O) groups excluding carboxylic acids is 1. The minimum Gasteiger partial charge on any atom is -0.386 e. The molecule has 4 nitrogen and oxygen atoms in total. The second-order valence-corrected chi connectivity index (χ2v) is 5.02. The van der Waals surface area contributed by atoms with E-state index in [9.17, 15) is 9.90 Å². The molecule has 14 heavy (non-hydrogen) atoms. The quantitative estimate of drug-likeness (QED) is 0.616. The van der Waals surface area contributed by atoms with Gasteiger partial charge in [0.05, 0.1) is 24.2 Å². The molecule has 0 radical (unpaired) electrons. The van der Waals surface area contributed by atoms with Crippen LogP contribution in [0.1, 0.15) is 32.6 Å². The number of nitrogens with two attached hydrogens (primary N) is 1. The van der Waals surface area contributed by atoms with Crippen LogP contribution in [0.4, 0.5) is 0 Å². The van der Waals surface area contributed by atoms with Gasteiger partial charge in [-0.15, -0.1) is 0 Å². The lowest BCUT2D eigenvalue weighted by molar-refractivity contribution is -0.157. The Morgan fingerprint density at radius 3 is 2.29 bits per heavy atom. The van der Waals surface area contributed by atoms with Gasteiger partial charge in [-0.1, -0.05) is 12.8 Å². The summed E-state index contributed by atoms with van der Waals surface area (Å²) >= 11 is 0. The Balaban J connectivity index is 1.96. The van der Waals surface area contributed by atoms with Gasteiger partial charge in [0.1, 0.15) is 0 Å². The average molecular weight is 198 g/mol. The van der Waals surface area contributed by atoms with E-state index in [0.29, 0.717) is 13.1 Å². The molecule has 0 aromatic heterocycles. The van der Waals surface area contributed by atoms with Crippen LogP contribution in [-0.2, 0) is 4.79 Å². The van der Waals surface area contributed by atoms with Crippen molar-refractivity contribution >= 4 is 5.91 Å². The molecule has 0 bridgehead atoms. The summed E-state index contributed by atoms with van der Waals surface area (Å²) in [4.78, 5) is 13.6. The summed E-state index contributed by atoms with van der Waals surface area (Å²) in [5.74, 6) is 0.0292. The minimum absolute atomic E-state index is 0.0292. The molecule has 1 heterocycles. The lowest BCUT2D eigenvalue weighted by Crippen LogP contribution is -2.67. The van der Waals surface area contributed by atoms with Gasteiger partial charge in [-0.25, -0.2) is 0 Å². The first-order valence-electron chi connectivity index (χ1n) is 5.24. The molecule has 2 rings (SSSR count). The van der Waals surface area contributed by atoms with E-state index in [1.807, 2.05) is 0 Å². The summed E-state index contributed by atoms with van der Waals surface area (Å²) in [6, 6.07) is 0. The van der Waals surface area contributed by atoms with Gasteiger partial charge in [0, 0.05) is 0 Å². The van der Waals surface area contributed by atoms with Gasteiger partial charge in [0.2, 0.25) is 5.91 Å². The first kappa shape index (κ1) is 9.93. The Kier molecular flexibility index (Phi) is 2.08. The molecular formula is C10H18N2O2. The summed E-state index contributed by atoms with van der Waals surface area (Å²) in [5.41, 5.74) is 4.71. The van der Waals surface area contributed by atoms with E-state index in [4.69, 9.17) is 5.73 Å². The van der Waals surface area contributed by atoms with Gasteiger partial charge in [-0.2, -0.15) is 0 Å². The number of likely N-dealkylation sites (tertiary alicyclic amines) is 1. The monoisotopic (exact) mass is 198 g/mol. The van der Waals surface area contributed by atoms with Gasteiger partial charge in [0.25, 0.3) is 0 Å². The van der Waals surface area contributed by atoms with E-state index in [-0.39, 0.29) is 5.91 Å². The van der Waals surface area contributed by atoms with Gasteiger partial charge in [-0.3, -0.25) is 4.79 Å².